The Morgan fingerprint density at radius 3 is 3.10 bits per heavy atom. The summed E-state index contributed by atoms with van der Waals surface area (Å²) >= 11 is 0. The van der Waals surface area contributed by atoms with Gasteiger partial charge in [-0.15, -0.1) is 0 Å². The minimum absolute atomic E-state index is 0.00906. The van der Waals surface area contributed by atoms with Gasteiger partial charge in [0.25, 0.3) is 5.91 Å². The normalized spacial score (nSPS) is 16.6. The number of H-pyrrole nitrogens is 1. The standard InChI is InChI=1S/C22H24N4O3/c1-3-12-29-18-9-8-15(13-19(18)28-2)22(27)26-11-5-6-16(14-26)20-17-7-4-10-23-21(17)25-24-20/h3-4,7-10,13,16H,1,5-6,11-12,14H2,2H3,(H,23,24,25). The van der Waals surface area contributed by atoms with E-state index in [0.717, 1.165) is 30.5 Å². The fourth-order valence-electron chi connectivity index (χ4n) is 3.83. The Labute approximate surface area is 169 Å². The third-order valence-electron chi connectivity index (χ3n) is 5.24. The lowest BCUT2D eigenvalue weighted by Crippen LogP contribution is -2.39. The van der Waals surface area contributed by atoms with Crippen LogP contribution in [0.2, 0.25) is 0 Å². The maximum atomic E-state index is 13.1. The second-order valence-electron chi connectivity index (χ2n) is 7.07. The maximum Gasteiger partial charge on any atom is 0.254 e. The number of fused-ring (bicyclic) bond motifs is 1. The number of aromatic amines is 1. The highest BCUT2D eigenvalue weighted by Gasteiger charge is 2.28. The highest BCUT2D eigenvalue weighted by molar-refractivity contribution is 5.95. The van der Waals surface area contributed by atoms with Gasteiger partial charge in [0.2, 0.25) is 0 Å². The molecule has 1 aliphatic rings. The van der Waals surface area contributed by atoms with Gasteiger partial charge < -0.3 is 14.4 Å². The molecule has 150 valence electrons. The molecule has 2 aromatic heterocycles. The number of carbonyl (C=O) groups is 1. The first-order chi connectivity index (χ1) is 14.2. The number of nitrogens with zero attached hydrogens (tertiary/aromatic N) is 3. The lowest BCUT2D eigenvalue weighted by atomic mass is 9.93. The molecule has 1 amide bonds. The number of carbonyl (C=O) groups excluding carboxylic acids is 1. The molecule has 0 aliphatic carbocycles. The molecule has 4 rings (SSSR count). The zero-order chi connectivity index (χ0) is 20.2. The van der Waals surface area contributed by atoms with Gasteiger partial charge in [-0.1, -0.05) is 12.7 Å². The zero-order valence-electron chi connectivity index (χ0n) is 16.4. The summed E-state index contributed by atoms with van der Waals surface area (Å²) in [6, 6.07) is 9.22. The summed E-state index contributed by atoms with van der Waals surface area (Å²) in [6.45, 7) is 5.40. The molecule has 1 unspecified atom stereocenters. The average molecular weight is 392 g/mol. The smallest absolute Gasteiger partial charge is 0.254 e. The Bertz CT molecular complexity index is 1030. The Balaban J connectivity index is 1.53. The van der Waals surface area contributed by atoms with E-state index in [1.54, 1.807) is 37.6 Å². The van der Waals surface area contributed by atoms with E-state index in [-0.39, 0.29) is 11.8 Å². The fraction of sp³-hybridized carbons (Fsp3) is 0.318. The van der Waals surface area contributed by atoms with Gasteiger partial charge in [0.05, 0.1) is 7.11 Å². The van der Waals surface area contributed by atoms with Gasteiger partial charge in [-0.2, -0.15) is 5.10 Å². The molecule has 0 radical (unpaired) electrons. The number of benzene rings is 1. The van der Waals surface area contributed by atoms with Crippen LogP contribution in [-0.4, -0.2) is 52.8 Å². The molecule has 1 aliphatic heterocycles. The van der Waals surface area contributed by atoms with Crippen LogP contribution < -0.4 is 9.47 Å². The molecule has 3 heterocycles. The number of rotatable bonds is 6. The molecule has 29 heavy (non-hydrogen) atoms. The number of hydrogen-bond acceptors (Lipinski definition) is 5. The highest BCUT2D eigenvalue weighted by Crippen LogP contribution is 2.32. The molecule has 1 N–H and O–H groups in total. The third-order valence-corrected chi connectivity index (χ3v) is 5.24. The van der Waals surface area contributed by atoms with Gasteiger partial charge in [-0.25, -0.2) is 4.98 Å². The van der Waals surface area contributed by atoms with Crippen molar-refractivity contribution in [2.75, 3.05) is 26.8 Å². The topological polar surface area (TPSA) is 80.3 Å². The van der Waals surface area contributed by atoms with Crippen molar-refractivity contribution in [3.05, 3.63) is 60.4 Å². The number of ether oxygens (including phenoxy) is 2. The Morgan fingerprint density at radius 1 is 1.38 bits per heavy atom. The first-order valence-electron chi connectivity index (χ1n) is 9.71. The van der Waals surface area contributed by atoms with E-state index in [4.69, 9.17) is 9.47 Å². The number of piperidine rings is 1. The Kier molecular flexibility index (Phi) is 5.46. The van der Waals surface area contributed by atoms with Crippen molar-refractivity contribution in [2.24, 2.45) is 0 Å². The molecule has 1 aromatic carbocycles. The molecule has 1 atom stereocenters. The number of pyridine rings is 1. The van der Waals surface area contributed by atoms with Crippen molar-refractivity contribution in [3.8, 4) is 11.5 Å². The van der Waals surface area contributed by atoms with Crippen LogP contribution in [0.3, 0.4) is 0 Å². The van der Waals surface area contributed by atoms with E-state index in [0.29, 0.717) is 35.9 Å². The number of likely N-dealkylation sites (tertiary alicyclic amines) is 1. The van der Waals surface area contributed by atoms with Crippen LogP contribution >= 0.6 is 0 Å². The van der Waals surface area contributed by atoms with Crippen molar-refractivity contribution in [1.82, 2.24) is 20.1 Å². The largest absolute Gasteiger partial charge is 0.493 e. The number of nitrogens with one attached hydrogen (secondary N) is 1. The molecule has 0 bridgehead atoms. The monoisotopic (exact) mass is 392 g/mol. The number of amides is 1. The van der Waals surface area contributed by atoms with Crippen LogP contribution in [0.15, 0.2) is 49.2 Å². The van der Waals surface area contributed by atoms with Crippen molar-refractivity contribution >= 4 is 16.9 Å². The Morgan fingerprint density at radius 2 is 2.28 bits per heavy atom. The number of hydrogen-bond donors (Lipinski definition) is 1. The predicted molar refractivity (Wildman–Crippen MR) is 110 cm³/mol. The molecular formula is C22H24N4O3. The third kappa shape index (κ3) is 3.81. The average Bonchev–Trinajstić information content (AvgIpc) is 3.21. The number of methoxy groups -OCH3 is 1. The van der Waals surface area contributed by atoms with Gasteiger partial charge in [-0.3, -0.25) is 9.89 Å². The molecule has 7 heteroatoms. The first kappa shape index (κ1) is 19.0. The van der Waals surface area contributed by atoms with Crippen molar-refractivity contribution in [1.29, 1.82) is 0 Å². The molecular weight excluding hydrogens is 368 g/mol. The minimum Gasteiger partial charge on any atom is -0.493 e. The van der Waals surface area contributed by atoms with E-state index < -0.39 is 0 Å². The summed E-state index contributed by atoms with van der Waals surface area (Å²) in [5, 5.41) is 8.46. The van der Waals surface area contributed by atoms with Gasteiger partial charge in [0.15, 0.2) is 17.1 Å². The summed E-state index contributed by atoms with van der Waals surface area (Å²) in [5.74, 6) is 1.33. The summed E-state index contributed by atoms with van der Waals surface area (Å²) in [7, 11) is 1.57. The van der Waals surface area contributed by atoms with Crippen LogP contribution in [-0.2, 0) is 0 Å². The van der Waals surface area contributed by atoms with Crippen LogP contribution in [0.1, 0.15) is 34.8 Å². The number of aromatic nitrogens is 3. The molecule has 3 aromatic rings. The van der Waals surface area contributed by atoms with Crippen LogP contribution in [0.5, 0.6) is 11.5 Å². The van der Waals surface area contributed by atoms with Gasteiger partial charge in [-0.05, 0) is 43.2 Å². The zero-order valence-corrected chi connectivity index (χ0v) is 16.4. The quantitative estimate of drug-likeness (QED) is 0.649. The summed E-state index contributed by atoms with van der Waals surface area (Å²) in [5.41, 5.74) is 2.35. The van der Waals surface area contributed by atoms with E-state index >= 15 is 0 Å². The SMILES string of the molecule is C=CCOc1ccc(C(=O)N2CCCC(c3[nH]nc4ncccc34)C2)cc1OC. The molecule has 1 saturated heterocycles. The lowest BCUT2D eigenvalue weighted by Gasteiger charge is -2.32. The molecule has 7 nitrogen and oxygen atoms in total. The van der Waals surface area contributed by atoms with Gasteiger partial charge in [0, 0.05) is 41.8 Å². The van der Waals surface area contributed by atoms with Crippen LogP contribution in [0.25, 0.3) is 11.0 Å². The lowest BCUT2D eigenvalue weighted by molar-refractivity contribution is 0.0706. The second-order valence-corrected chi connectivity index (χ2v) is 7.07. The van der Waals surface area contributed by atoms with Gasteiger partial charge in [0.1, 0.15) is 6.61 Å². The molecule has 1 fully saturated rings. The van der Waals surface area contributed by atoms with E-state index in [9.17, 15) is 4.79 Å². The second kappa shape index (κ2) is 8.34. The minimum atomic E-state index is -0.00906. The van der Waals surface area contributed by atoms with Crippen molar-refractivity contribution in [2.45, 2.75) is 18.8 Å². The van der Waals surface area contributed by atoms with E-state index in [1.165, 1.54) is 0 Å². The van der Waals surface area contributed by atoms with Crippen LogP contribution in [0, 0.1) is 0 Å². The summed E-state index contributed by atoms with van der Waals surface area (Å²) < 4.78 is 11.0. The fourth-order valence-corrected chi connectivity index (χ4v) is 3.83. The molecule has 0 spiro atoms. The van der Waals surface area contributed by atoms with Crippen molar-refractivity contribution < 1.29 is 14.3 Å². The Hall–Kier alpha value is -3.35. The highest BCUT2D eigenvalue weighted by atomic mass is 16.5. The maximum absolute atomic E-state index is 13.1. The van der Waals surface area contributed by atoms with E-state index in [2.05, 4.69) is 21.8 Å². The van der Waals surface area contributed by atoms with Crippen molar-refractivity contribution in [3.63, 3.8) is 0 Å². The molecule has 0 saturated carbocycles. The predicted octanol–water partition coefficient (Wildman–Crippen LogP) is 3.55. The first-order valence-corrected chi connectivity index (χ1v) is 9.71. The van der Waals surface area contributed by atoms with E-state index in [1.807, 2.05) is 17.0 Å². The summed E-state index contributed by atoms with van der Waals surface area (Å²) in [6.07, 6.45) is 5.35. The van der Waals surface area contributed by atoms with Gasteiger partial charge >= 0.3 is 0 Å². The van der Waals surface area contributed by atoms with Crippen LogP contribution in [0.4, 0.5) is 0 Å². The summed E-state index contributed by atoms with van der Waals surface area (Å²) in [4.78, 5) is 19.3.